The van der Waals surface area contributed by atoms with Gasteiger partial charge in [0.05, 0.1) is 11.3 Å². The van der Waals surface area contributed by atoms with Gasteiger partial charge in [-0.25, -0.2) is 0 Å². The van der Waals surface area contributed by atoms with Crippen molar-refractivity contribution in [3.05, 3.63) is 85.2 Å². The monoisotopic (exact) mass is 388 g/mol. The molecule has 1 aliphatic heterocycles. The zero-order valence-electron chi connectivity index (χ0n) is 17.4. The summed E-state index contributed by atoms with van der Waals surface area (Å²) in [6.07, 6.45) is 1.94. The van der Waals surface area contributed by atoms with Crippen LogP contribution in [-0.4, -0.2) is 24.0 Å². The molecule has 0 saturated carbocycles. The molecule has 3 aromatic carbocycles. The average molecular weight is 389 g/mol. The molecule has 4 nitrogen and oxygen atoms in total. The Balaban J connectivity index is 1.45. The second-order valence-corrected chi connectivity index (χ2v) is 8.34. The summed E-state index contributed by atoms with van der Waals surface area (Å²) >= 11 is 0. The maximum absolute atomic E-state index is 12.4. The van der Waals surface area contributed by atoms with Crippen molar-refractivity contribution in [3.8, 4) is 11.1 Å². The van der Waals surface area contributed by atoms with Crippen LogP contribution in [0.1, 0.15) is 35.1 Å². The summed E-state index contributed by atoms with van der Waals surface area (Å²) < 4.78 is 0. The number of aryl methyl sites for hydroxylation is 3. The number of piperidine rings is 1. The second kappa shape index (κ2) is 7.96. The van der Waals surface area contributed by atoms with Crippen molar-refractivity contribution in [1.82, 2.24) is 4.90 Å². The molecule has 3 aromatic rings. The number of hydrogen-bond acceptors (Lipinski definition) is 4. The van der Waals surface area contributed by atoms with E-state index in [1.54, 1.807) is 0 Å². The molecule has 1 fully saturated rings. The minimum absolute atomic E-state index is 0.232. The van der Waals surface area contributed by atoms with Gasteiger partial charge in [-0.1, -0.05) is 42.5 Å². The molecule has 0 radical (unpaired) electrons. The van der Waals surface area contributed by atoms with E-state index >= 15 is 0 Å². The van der Waals surface area contributed by atoms with Crippen molar-refractivity contribution in [2.75, 3.05) is 18.4 Å². The van der Waals surface area contributed by atoms with E-state index in [2.05, 4.69) is 47.5 Å². The van der Waals surface area contributed by atoms with Crippen LogP contribution in [0.3, 0.4) is 0 Å². The summed E-state index contributed by atoms with van der Waals surface area (Å²) in [5, 5.41) is 3.41. The van der Waals surface area contributed by atoms with Gasteiger partial charge in [0.25, 0.3) is 0 Å². The highest BCUT2D eigenvalue weighted by Gasteiger charge is 2.27. The summed E-state index contributed by atoms with van der Waals surface area (Å²) in [5.74, 6) is 0. The number of hydrogen-bond donors (Lipinski definition) is 1. The maximum atomic E-state index is 12.4. The molecule has 0 unspecified atom stereocenters. The van der Waals surface area contributed by atoms with Gasteiger partial charge in [0.15, 0.2) is 0 Å². The molecule has 0 spiro atoms. The fraction of sp³-hybridized carbons (Fsp3) is 0.360. The fourth-order valence-corrected chi connectivity index (χ4v) is 4.30. The molecule has 4 heteroatoms. The predicted octanol–water partition coefficient (Wildman–Crippen LogP) is 3.95. The van der Waals surface area contributed by atoms with Crippen LogP contribution < -0.4 is 16.2 Å². The first-order chi connectivity index (χ1) is 13.9. The summed E-state index contributed by atoms with van der Waals surface area (Å²) in [5.41, 5.74) is 5.95. The topological polar surface area (TPSA) is 49.4 Å². The quantitative estimate of drug-likeness (QED) is 0.673. The van der Waals surface area contributed by atoms with Gasteiger partial charge in [0, 0.05) is 25.7 Å². The number of nitrogens with one attached hydrogen (secondary N) is 1. The van der Waals surface area contributed by atoms with Crippen LogP contribution in [0.4, 0.5) is 5.69 Å². The van der Waals surface area contributed by atoms with E-state index in [9.17, 15) is 9.59 Å². The number of anilines is 1. The van der Waals surface area contributed by atoms with Crippen LogP contribution >= 0.6 is 0 Å². The lowest BCUT2D eigenvalue weighted by atomic mass is 9.91. The summed E-state index contributed by atoms with van der Waals surface area (Å²) in [4.78, 5) is 27.1. The van der Waals surface area contributed by atoms with Gasteiger partial charge < -0.3 is 5.32 Å². The van der Waals surface area contributed by atoms with Crippen LogP contribution in [-0.2, 0) is 6.54 Å². The maximum Gasteiger partial charge on any atom is 0.250 e. The first-order valence-corrected chi connectivity index (χ1v) is 10.4. The lowest BCUT2D eigenvalue weighted by molar-refractivity contribution is 0.211. The largest absolute Gasteiger partial charge is 0.378 e. The predicted molar refractivity (Wildman–Crippen MR) is 119 cm³/mol. The Morgan fingerprint density at radius 3 is 2.24 bits per heavy atom. The Labute approximate surface area is 171 Å². The van der Waals surface area contributed by atoms with Crippen molar-refractivity contribution in [1.29, 1.82) is 0 Å². The fourth-order valence-electron chi connectivity index (χ4n) is 4.30. The third kappa shape index (κ3) is 3.90. The highest BCUT2D eigenvalue weighted by atomic mass is 16.2. The number of likely N-dealkylation sites (tertiary alicyclic amines) is 1. The van der Waals surface area contributed by atoms with Crippen LogP contribution in [0.5, 0.6) is 0 Å². The molecule has 1 heterocycles. The van der Waals surface area contributed by atoms with Crippen LogP contribution in [0, 0.1) is 20.8 Å². The first kappa shape index (κ1) is 19.6. The van der Waals surface area contributed by atoms with Gasteiger partial charge >= 0.3 is 0 Å². The molecular formula is C25H28N2O2. The van der Waals surface area contributed by atoms with Gasteiger partial charge in [-0.3, -0.25) is 14.5 Å². The lowest BCUT2D eigenvalue weighted by Crippen LogP contribution is -2.43. The zero-order chi connectivity index (χ0) is 20.5. The SMILES string of the molecule is Cc1cc(C)c(-c2c(NC3CCN(Cc4ccccc4)CC3)c(=O)c2=O)cc1C. The van der Waals surface area contributed by atoms with Gasteiger partial charge in [0.2, 0.25) is 10.9 Å². The van der Waals surface area contributed by atoms with Gasteiger partial charge in [-0.05, 0) is 61.4 Å². The molecule has 29 heavy (non-hydrogen) atoms. The van der Waals surface area contributed by atoms with E-state index in [4.69, 9.17) is 0 Å². The lowest BCUT2D eigenvalue weighted by Gasteiger charge is -2.33. The Hall–Kier alpha value is -2.72. The molecule has 0 bridgehead atoms. The van der Waals surface area contributed by atoms with E-state index < -0.39 is 0 Å². The Bertz CT molecular complexity index is 1090. The van der Waals surface area contributed by atoms with Crippen molar-refractivity contribution in [2.24, 2.45) is 0 Å². The Morgan fingerprint density at radius 2 is 1.55 bits per heavy atom. The first-order valence-electron chi connectivity index (χ1n) is 10.4. The Kier molecular flexibility index (Phi) is 5.37. The standard InChI is InChI=1S/C25H28N2O2/c1-16-13-18(3)21(14-17(16)2)22-23(25(29)24(22)28)26-20-9-11-27(12-10-20)15-19-7-5-4-6-8-19/h4-8,13-14,20,26H,9-12,15H2,1-3H3. The van der Waals surface area contributed by atoms with E-state index in [-0.39, 0.29) is 16.9 Å². The molecule has 0 aliphatic carbocycles. The highest BCUT2D eigenvalue weighted by molar-refractivity contribution is 5.84. The summed E-state index contributed by atoms with van der Waals surface area (Å²) in [6, 6.07) is 14.9. The van der Waals surface area contributed by atoms with E-state index in [1.165, 1.54) is 11.1 Å². The van der Waals surface area contributed by atoms with Crippen LogP contribution in [0.15, 0.2) is 52.1 Å². The van der Waals surface area contributed by atoms with Crippen LogP contribution in [0.2, 0.25) is 0 Å². The smallest absolute Gasteiger partial charge is 0.250 e. The average Bonchev–Trinajstić information content (AvgIpc) is 2.73. The minimum Gasteiger partial charge on any atom is -0.378 e. The van der Waals surface area contributed by atoms with Gasteiger partial charge in [0.1, 0.15) is 0 Å². The molecule has 1 saturated heterocycles. The molecule has 150 valence electrons. The third-order valence-corrected chi connectivity index (χ3v) is 6.21. The molecule has 0 aromatic heterocycles. The Morgan fingerprint density at radius 1 is 0.897 bits per heavy atom. The number of nitrogens with zero attached hydrogens (tertiary/aromatic N) is 1. The zero-order valence-corrected chi connectivity index (χ0v) is 17.4. The van der Waals surface area contributed by atoms with Crippen molar-refractivity contribution >= 4 is 5.69 Å². The van der Waals surface area contributed by atoms with Gasteiger partial charge in [-0.15, -0.1) is 0 Å². The van der Waals surface area contributed by atoms with Gasteiger partial charge in [-0.2, -0.15) is 0 Å². The van der Waals surface area contributed by atoms with Crippen molar-refractivity contribution in [3.63, 3.8) is 0 Å². The van der Waals surface area contributed by atoms with Crippen molar-refractivity contribution < 1.29 is 0 Å². The minimum atomic E-state index is -0.371. The summed E-state index contributed by atoms with van der Waals surface area (Å²) in [7, 11) is 0. The molecule has 1 N–H and O–H groups in total. The second-order valence-electron chi connectivity index (χ2n) is 8.34. The molecule has 0 amide bonds. The number of benzene rings is 2. The molecule has 1 aliphatic rings. The molecule has 0 atom stereocenters. The highest BCUT2D eigenvalue weighted by Crippen LogP contribution is 2.30. The normalized spacial score (nSPS) is 15.7. The van der Waals surface area contributed by atoms with Crippen LogP contribution in [0.25, 0.3) is 11.1 Å². The molecule has 4 rings (SSSR count). The van der Waals surface area contributed by atoms with Crippen molar-refractivity contribution in [2.45, 2.75) is 46.2 Å². The van der Waals surface area contributed by atoms with E-state index in [0.29, 0.717) is 11.3 Å². The summed E-state index contributed by atoms with van der Waals surface area (Å²) in [6.45, 7) is 9.04. The molecular weight excluding hydrogens is 360 g/mol. The van der Waals surface area contributed by atoms with E-state index in [0.717, 1.165) is 49.2 Å². The number of rotatable bonds is 5. The van der Waals surface area contributed by atoms with E-state index in [1.807, 2.05) is 26.0 Å². The third-order valence-electron chi connectivity index (χ3n) is 6.21.